The number of nitrogens with one attached hydrogen (secondary N) is 1. The SMILES string of the molecule is Cc1cc(C)cc(NC(N)=NCc2cccnc2OCC(F)(F)F)c1.I. The number of ether oxygens (including phenoxy) is 1. The van der Waals surface area contributed by atoms with Gasteiger partial charge in [0.05, 0.1) is 6.54 Å². The quantitative estimate of drug-likeness (QED) is 0.383. The average molecular weight is 480 g/mol. The molecule has 9 heteroatoms. The van der Waals surface area contributed by atoms with Crippen molar-refractivity contribution in [2.45, 2.75) is 26.6 Å². The molecule has 1 heterocycles. The predicted molar refractivity (Wildman–Crippen MR) is 106 cm³/mol. The summed E-state index contributed by atoms with van der Waals surface area (Å²) < 4.78 is 41.6. The van der Waals surface area contributed by atoms with Crippen LogP contribution in [0.5, 0.6) is 5.88 Å². The highest BCUT2D eigenvalue weighted by molar-refractivity contribution is 14.0. The Morgan fingerprint density at radius 2 is 1.88 bits per heavy atom. The Hall–Kier alpha value is -2.04. The molecule has 0 spiro atoms. The van der Waals surface area contributed by atoms with Gasteiger partial charge in [0.1, 0.15) is 0 Å². The van der Waals surface area contributed by atoms with Gasteiger partial charge < -0.3 is 15.8 Å². The number of aryl methyl sites for hydroxylation is 2. The van der Waals surface area contributed by atoms with Crippen molar-refractivity contribution in [3.8, 4) is 5.88 Å². The summed E-state index contributed by atoms with van der Waals surface area (Å²) in [6, 6.07) is 9.04. The van der Waals surface area contributed by atoms with Crippen LogP contribution in [0.4, 0.5) is 18.9 Å². The highest BCUT2D eigenvalue weighted by Crippen LogP contribution is 2.20. The molecule has 0 radical (unpaired) electrons. The van der Waals surface area contributed by atoms with Crippen molar-refractivity contribution < 1.29 is 17.9 Å². The van der Waals surface area contributed by atoms with Gasteiger partial charge >= 0.3 is 6.18 Å². The molecule has 1 aromatic heterocycles. The summed E-state index contributed by atoms with van der Waals surface area (Å²) in [6.45, 7) is 2.57. The first kappa shape index (κ1) is 22.0. The van der Waals surface area contributed by atoms with Crippen molar-refractivity contribution in [3.63, 3.8) is 0 Å². The number of nitrogens with zero attached hydrogens (tertiary/aromatic N) is 2. The molecule has 2 aromatic rings. The van der Waals surface area contributed by atoms with E-state index in [0.29, 0.717) is 5.56 Å². The molecule has 0 aliphatic rings. The molecule has 0 atom stereocenters. The second-order valence-electron chi connectivity index (χ2n) is 5.57. The van der Waals surface area contributed by atoms with Crippen LogP contribution in [0.1, 0.15) is 16.7 Å². The largest absolute Gasteiger partial charge is 0.468 e. The van der Waals surface area contributed by atoms with Gasteiger partial charge in [-0.15, -0.1) is 24.0 Å². The van der Waals surface area contributed by atoms with Crippen LogP contribution in [0.25, 0.3) is 0 Å². The molecule has 5 nitrogen and oxygen atoms in total. The summed E-state index contributed by atoms with van der Waals surface area (Å²) in [5.41, 5.74) is 9.20. The van der Waals surface area contributed by atoms with Crippen LogP contribution >= 0.6 is 24.0 Å². The fourth-order valence-electron chi connectivity index (χ4n) is 2.23. The molecule has 3 N–H and O–H groups in total. The Morgan fingerprint density at radius 3 is 2.50 bits per heavy atom. The normalized spacial score (nSPS) is 11.7. The molecule has 142 valence electrons. The fourth-order valence-corrected chi connectivity index (χ4v) is 2.23. The summed E-state index contributed by atoms with van der Waals surface area (Å²) in [4.78, 5) is 7.95. The molecular weight excluding hydrogens is 460 g/mol. The standard InChI is InChI=1S/C17H19F3N4O.HI/c1-11-6-12(2)8-14(7-11)24-16(21)23-9-13-4-3-5-22-15(13)25-10-17(18,19)20;/h3-8H,9-10H2,1-2H3,(H3,21,23,24);1H. The van der Waals surface area contributed by atoms with Gasteiger partial charge in [-0.2, -0.15) is 13.2 Å². The molecule has 0 fully saturated rings. The fraction of sp³-hybridized carbons (Fsp3) is 0.294. The number of alkyl halides is 3. The van der Waals surface area contributed by atoms with E-state index < -0.39 is 12.8 Å². The number of aromatic nitrogens is 1. The Balaban J connectivity index is 0.00000338. The van der Waals surface area contributed by atoms with Gasteiger partial charge in [-0.05, 0) is 43.2 Å². The lowest BCUT2D eigenvalue weighted by Gasteiger charge is -2.11. The van der Waals surface area contributed by atoms with Crippen LogP contribution in [-0.4, -0.2) is 23.7 Å². The zero-order valence-corrected chi connectivity index (χ0v) is 16.6. The van der Waals surface area contributed by atoms with Gasteiger partial charge in [-0.3, -0.25) is 0 Å². The van der Waals surface area contributed by atoms with E-state index in [2.05, 4.69) is 15.3 Å². The number of guanidine groups is 1. The van der Waals surface area contributed by atoms with E-state index in [9.17, 15) is 13.2 Å². The Morgan fingerprint density at radius 1 is 1.23 bits per heavy atom. The third kappa shape index (κ3) is 7.46. The Labute approximate surface area is 166 Å². The lowest BCUT2D eigenvalue weighted by Crippen LogP contribution is -2.23. The number of rotatable bonds is 5. The molecule has 0 aliphatic heterocycles. The molecular formula is C17H20F3IN4O. The predicted octanol–water partition coefficient (Wildman–Crippen LogP) is 4.18. The molecule has 26 heavy (non-hydrogen) atoms. The highest BCUT2D eigenvalue weighted by atomic mass is 127. The topological polar surface area (TPSA) is 72.5 Å². The molecule has 0 saturated carbocycles. The number of pyridine rings is 1. The van der Waals surface area contributed by atoms with E-state index >= 15 is 0 Å². The monoisotopic (exact) mass is 480 g/mol. The summed E-state index contributed by atoms with van der Waals surface area (Å²) in [7, 11) is 0. The zero-order chi connectivity index (χ0) is 18.4. The summed E-state index contributed by atoms with van der Waals surface area (Å²) in [6.07, 6.45) is -3.07. The second kappa shape index (κ2) is 9.60. The van der Waals surface area contributed by atoms with Crippen LogP contribution < -0.4 is 15.8 Å². The van der Waals surface area contributed by atoms with Crippen LogP contribution in [0.2, 0.25) is 0 Å². The highest BCUT2D eigenvalue weighted by Gasteiger charge is 2.29. The molecule has 0 saturated heterocycles. The van der Waals surface area contributed by atoms with Crippen LogP contribution in [0.15, 0.2) is 41.5 Å². The van der Waals surface area contributed by atoms with E-state index in [1.54, 1.807) is 12.1 Å². The second-order valence-corrected chi connectivity index (χ2v) is 5.57. The average Bonchev–Trinajstić information content (AvgIpc) is 2.50. The Bertz CT molecular complexity index is 746. The molecule has 2 rings (SSSR count). The van der Waals surface area contributed by atoms with Crippen molar-refractivity contribution in [3.05, 3.63) is 53.2 Å². The maximum absolute atomic E-state index is 12.3. The summed E-state index contributed by atoms with van der Waals surface area (Å²) >= 11 is 0. The van der Waals surface area contributed by atoms with Crippen molar-refractivity contribution in [1.82, 2.24) is 4.98 Å². The van der Waals surface area contributed by atoms with E-state index in [1.165, 1.54) is 6.20 Å². The lowest BCUT2D eigenvalue weighted by atomic mass is 10.1. The molecule has 0 bridgehead atoms. The van der Waals surface area contributed by atoms with Gasteiger partial charge in [0.2, 0.25) is 5.88 Å². The first-order valence-electron chi connectivity index (χ1n) is 7.51. The molecule has 0 aliphatic carbocycles. The summed E-state index contributed by atoms with van der Waals surface area (Å²) in [5, 5.41) is 2.96. The van der Waals surface area contributed by atoms with E-state index in [0.717, 1.165) is 16.8 Å². The smallest absolute Gasteiger partial charge is 0.422 e. The third-order valence-electron chi connectivity index (χ3n) is 3.14. The van der Waals surface area contributed by atoms with Gasteiger partial charge in [0.25, 0.3) is 0 Å². The lowest BCUT2D eigenvalue weighted by molar-refractivity contribution is -0.154. The minimum atomic E-state index is -4.43. The number of benzene rings is 1. The van der Waals surface area contributed by atoms with Gasteiger partial charge in [-0.1, -0.05) is 12.1 Å². The zero-order valence-electron chi connectivity index (χ0n) is 14.3. The van der Waals surface area contributed by atoms with Crippen molar-refractivity contribution in [2.75, 3.05) is 11.9 Å². The van der Waals surface area contributed by atoms with E-state index in [-0.39, 0.29) is 42.4 Å². The van der Waals surface area contributed by atoms with E-state index in [1.807, 2.05) is 32.0 Å². The van der Waals surface area contributed by atoms with Crippen molar-refractivity contribution in [1.29, 1.82) is 0 Å². The minimum Gasteiger partial charge on any atom is -0.468 e. The first-order valence-corrected chi connectivity index (χ1v) is 7.51. The number of nitrogens with two attached hydrogens (primary N) is 1. The molecule has 0 unspecified atom stereocenters. The Kier molecular flexibility index (Phi) is 8.12. The number of anilines is 1. The van der Waals surface area contributed by atoms with E-state index in [4.69, 9.17) is 10.5 Å². The number of aliphatic imine (C=N–C) groups is 1. The third-order valence-corrected chi connectivity index (χ3v) is 3.14. The van der Waals surface area contributed by atoms with Crippen molar-refractivity contribution >= 4 is 35.6 Å². The minimum absolute atomic E-state index is 0. The van der Waals surface area contributed by atoms with Crippen LogP contribution in [-0.2, 0) is 6.54 Å². The maximum Gasteiger partial charge on any atom is 0.422 e. The molecule has 0 amide bonds. The van der Waals surface area contributed by atoms with Gasteiger partial charge in [0, 0.05) is 17.4 Å². The first-order chi connectivity index (χ1) is 11.7. The number of hydrogen-bond donors (Lipinski definition) is 2. The number of hydrogen-bond acceptors (Lipinski definition) is 3. The van der Waals surface area contributed by atoms with Crippen molar-refractivity contribution in [2.24, 2.45) is 10.7 Å². The number of halogens is 4. The van der Waals surface area contributed by atoms with Crippen LogP contribution in [0, 0.1) is 13.8 Å². The maximum atomic E-state index is 12.3. The van der Waals surface area contributed by atoms with Gasteiger partial charge in [0.15, 0.2) is 12.6 Å². The summed E-state index contributed by atoms with van der Waals surface area (Å²) in [5.74, 6) is 0.0402. The molecule has 1 aromatic carbocycles. The van der Waals surface area contributed by atoms with Gasteiger partial charge in [-0.25, -0.2) is 9.98 Å². The van der Waals surface area contributed by atoms with Crippen LogP contribution in [0.3, 0.4) is 0 Å².